The third-order valence-electron chi connectivity index (χ3n) is 17.9. The lowest BCUT2D eigenvalue weighted by Crippen LogP contribution is -2.30. The number of carbonyl (C=O) groups is 4. The highest BCUT2D eigenvalue weighted by atomic mass is 31.2. The Bertz CT molecular complexity index is 2740. The smallest absolute Gasteiger partial charge is 0.462 e. The van der Waals surface area contributed by atoms with Crippen LogP contribution in [0.4, 0.5) is 0 Å². The van der Waals surface area contributed by atoms with Crippen LogP contribution in [-0.2, 0) is 65.4 Å². The summed E-state index contributed by atoms with van der Waals surface area (Å²) in [6, 6.07) is 0. The number of allylic oxidation sites excluding steroid dienone is 26. The lowest BCUT2D eigenvalue weighted by Gasteiger charge is -2.21. The monoisotopic (exact) mass is 1610 g/mol. The van der Waals surface area contributed by atoms with E-state index >= 15 is 0 Å². The Morgan fingerprint density at radius 1 is 0.259 bits per heavy atom. The van der Waals surface area contributed by atoms with Crippen LogP contribution in [0.2, 0.25) is 0 Å². The molecule has 112 heavy (non-hydrogen) atoms. The Hall–Kier alpha value is -5.32. The first-order valence-corrected chi connectivity index (χ1v) is 46.7. The van der Waals surface area contributed by atoms with Gasteiger partial charge in [0, 0.05) is 25.7 Å². The Morgan fingerprint density at radius 3 is 0.723 bits per heavy atom. The van der Waals surface area contributed by atoms with Gasteiger partial charge in [0.1, 0.15) is 19.3 Å². The molecule has 0 fully saturated rings. The van der Waals surface area contributed by atoms with Crippen LogP contribution in [0, 0.1) is 0 Å². The molecule has 0 radical (unpaired) electrons. The van der Waals surface area contributed by atoms with Crippen LogP contribution in [0.15, 0.2) is 158 Å². The molecule has 0 aliphatic rings. The molecule has 17 nitrogen and oxygen atoms in total. The van der Waals surface area contributed by atoms with Gasteiger partial charge in [-0.2, -0.15) is 0 Å². The Kier molecular flexibility index (Phi) is 79.6. The van der Waals surface area contributed by atoms with Crippen LogP contribution >= 0.6 is 15.6 Å². The van der Waals surface area contributed by atoms with E-state index in [9.17, 15) is 43.2 Å². The lowest BCUT2D eigenvalue weighted by atomic mass is 10.1. The second-order valence-electron chi connectivity index (χ2n) is 28.7. The van der Waals surface area contributed by atoms with E-state index in [2.05, 4.69) is 186 Å². The third-order valence-corrected chi connectivity index (χ3v) is 19.8. The molecule has 0 rings (SSSR count). The summed E-state index contributed by atoms with van der Waals surface area (Å²) in [6.07, 6.45) is 99.0. The first kappa shape index (κ1) is 107. The molecule has 0 aromatic carbocycles. The largest absolute Gasteiger partial charge is 0.472 e. The molecule has 640 valence electrons. The van der Waals surface area contributed by atoms with Crippen molar-refractivity contribution in [2.45, 2.75) is 367 Å². The van der Waals surface area contributed by atoms with Crippen molar-refractivity contribution in [3.05, 3.63) is 158 Å². The fraction of sp³-hybridized carbons (Fsp3) is 0.677. The molecule has 0 saturated heterocycles. The molecule has 0 saturated carbocycles. The van der Waals surface area contributed by atoms with Crippen LogP contribution in [0.3, 0.4) is 0 Å². The van der Waals surface area contributed by atoms with Crippen LogP contribution in [0.25, 0.3) is 0 Å². The molecule has 0 aliphatic heterocycles. The number of aliphatic hydroxyl groups is 1. The number of carbonyl (C=O) groups excluding carboxylic acids is 4. The number of rotatable bonds is 81. The molecule has 3 N–H and O–H groups in total. The SMILES string of the molecule is CC/C=C\C/C=C\C/C=C\C/C=C\C/C=C\CCCCCC(=O)OCC(COP(=O)(O)OCC(O)COP(=O)(O)OCC(COC(=O)CCCCCCCC/C=C\C/C=C\C/C=C\CCCCC)OC(=O)CCCCCCCC/C=C\C/C=C\C/C=C\CCCCC)OC(=O)CCCCCCC/C=C\C/C=C\CCCCC. The topological polar surface area (TPSA) is 237 Å². The fourth-order valence-electron chi connectivity index (χ4n) is 11.3. The number of unbranched alkanes of at least 4 members (excludes halogenated alkanes) is 29. The van der Waals surface area contributed by atoms with Gasteiger partial charge in [0.05, 0.1) is 26.4 Å². The Labute approximate surface area is 680 Å². The van der Waals surface area contributed by atoms with Gasteiger partial charge in [0.15, 0.2) is 12.2 Å². The minimum Gasteiger partial charge on any atom is -0.462 e. The van der Waals surface area contributed by atoms with Crippen LogP contribution < -0.4 is 0 Å². The van der Waals surface area contributed by atoms with E-state index in [1.807, 2.05) is 0 Å². The molecule has 5 atom stereocenters. The third kappa shape index (κ3) is 82.7. The van der Waals surface area contributed by atoms with Gasteiger partial charge in [0.2, 0.25) is 0 Å². The average molecular weight is 1610 g/mol. The molecular weight excluding hydrogens is 1450 g/mol. The van der Waals surface area contributed by atoms with Gasteiger partial charge in [0.25, 0.3) is 0 Å². The maximum absolute atomic E-state index is 13.2. The predicted molar refractivity (Wildman–Crippen MR) is 464 cm³/mol. The quantitative estimate of drug-likeness (QED) is 0.0169. The minimum atomic E-state index is -5.00. The molecule has 0 bridgehead atoms. The van der Waals surface area contributed by atoms with Gasteiger partial charge < -0.3 is 33.8 Å². The van der Waals surface area contributed by atoms with Crippen molar-refractivity contribution in [3.63, 3.8) is 0 Å². The number of hydrogen-bond acceptors (Lipinski definition) is 15. The van der Waals surface area contributed by atoms with Gasteiger partial charge in [-0.3, -0.25) is 37.3 Å². The molecule has 0 amide bonds. The van der Waals surface area contributed by atoms with E-state index in [1.54, 1.807) is 0 Å². The van der Waals surface area contributed by atoms with E-state index in [-0.39, 0.29) is 25.7 Å². The average Bonchev–Trinajstić information content (AvgIpc) is 0.898. The summed E-state index contributed by atoms with van der Waals surface area (Å²) in [5.41, 5.74) is 0. The van der Waals surface area contributed by atoms with Crippen molar-refractivity contribution in [1.82, 2.24) is 0 Å². The van der Waals surface area contributed by atoms with E-state index in [1.165, 1.54) is 57.8 Å². The van der Waals surface area contributed by atoms with E-state index in [0.717, 1.165) is 212 Å². The first-order valence-electron chi connectivity index (χ1n) is 43.7. The number of phosphoric acid groups is 2. The standard InChI is InChI=1S/C93H156O17P2/c1-5-9-13-17-21-25-29-33-37-40-43-46-50-53-57-61-65-69-73-77-90(95)103-83-88(109-92(97)79-75-71-67-63-59-55-49-36-32-28-24-20-16-12-8-4)85-107-111(99,100)105-81-87(94)82-106-112(101,102)108-86-89(110-93(98)80-76-72-68-64-60-56-52-48-45-42-39-35-31-27-23-19-15-11-7-3)84-104-91(96)78-74-70-66-62-58-54-51-47-44-41-38-34-30-26-22-18-14-10-6-2/h9,13,21-28,33-39,43-49,53,57,87-89,94H,5-8,10-12,14-20,29-32,40-42,50-52,54-56,58-86H2,1-4H3,(H,99,100)(H,101,102)/b13-9-,25-21-,26-22-,27-23-,28-24-,37-33-,38-34-,39-35-,46-43-,47-44-,48-45-,49-36-,57-53-. The van der Waals surface area contributed by atoms with Crippen molar-refractivity contribution < 1.29 is 80.2 Å². The molecular formula is C93H156O17P2. The predicted octanol–water partition coefficient (Wildman–Crippen LogP) is 26.3. The summed E-state index contributed by atoms with van der Waals surface area (Å²) in [7, 11) is -10.0. The van der Waals surface area contributed by atoms with Gasteiger partial charge in [-0.15, -0.1) is 0 Å². The van der Waals surface area contributed by atoms with Crippen LogP contribution in [0.1, 0.15) is 349 Å². The van der Waals surface area contributed by atoms with E-state index < -0.39 is 97.5 Å². The number of hydrogen-bond donors (Lipinski definition) is 3. The molecule has 0 aromatic heterocycles. The summed E-state index contributed by atoms with van der Waals surface area (Å²) in [6.45, 7) is 4.63. The number of ether oxygens (including phenoxy) is 4. The summed E-state index contributed by atoms with van der Waals surface area (Å²) >= 11 is 0. The second kappa shape index (κ2) is 83.6. The molecule has 0 aliphatic carbocycles. The van der Waals surface area contributed by atoms with Gasteiger partial charge in [-0.1, -0.05) is 301 Å². The Morgan fingerprint density at radius 2 is 0.464 bits per heavy atom. The van der Waals surface area contributed by atoms with Gasteiger partial charge in [-0.05, 0) is 180 Å². The lowest BCUT2D eigenvalue weighted by molar-refractivity contribution is -0.161. The molecule has 0 aromatic rings. The van der Waals surface area contributed by atoms with Crippen LogP contribution in [-0.4, -0.2) is 96.7 Å². The number of aliphatic hydroxyl groups excluding tert-OH is 1. The molecule has 0 heterocycles. The van der Waals surface area contributed by atoms with E-state index in [4.69, 9.17) is 37.0 Å². The highest BCUT2D eigenvalue weighted by molar-refractivity contribution is 7.47. The van der Waals surface area contributed by atoms with Crippen molar-refractivity contribution >= 4 is 39.5 Å². The summed E-state index contributed by atoms with van der Waals surface area (Å²) < 4.78 is 68.8. The van der Waals surface area contributed by atoms with Gasteiger partial charge in [-0.25, -0.2) is 9.13 Å². The number of esters is 4. The highest BCUT2D eigenvalue weighted by Gasteiger charge is 2.30. The fourth-order valence-corrected chi connectivity index (χ4v) is 12.9. The molecule has 0 spiro atoms. The van der Waals surface area contributed by atoms with Gasteiger partial charge >= 0.3 is 39.5 Å². The first-order chi connectivity index (χ1) is 54.7. The maximum Gasteiger partial charge on any atom is 0.472 e. The van der Waals surface area contributed by atoms with Crippen LogP contribution in [0.5, 0.6) is 0 Å². The van der Waals surface area contributed by atoms with Crippen molar-refractivity contribution in [1.29, 1.82) is 0 Å². The normalized spacial score (nSPS) is 14.5. The summed E-state index contributed by atoms with van der Waals surface area (Å²) in [4.78, 5) is 73.3. The Balaban J connectivity index is 5.46. The zero-order valence-electron chi connectivity index (χ0n) is 70.3. The van der Waals surface area contributed by atoms with Crippen molar-refractivity contribution in [2.24, 2.45) is 0 Å². The summed E-state index contributed by atoms with van der Waals surface area (Å²) in [5.74, 6) is -2.25. The maximum atomic E-state index is 13.2. The zero-order valence-corrected chi connectivity index (χ0v) is 72.1. The molecule has 19 heteroatoms. The zero-order chi connectivity index (χ0) is 81.7. The van der Waals surface area contributed by atoms with E-state index in [0.29, 0.717) is 25.7 Å². The van der Waals surface area contributed by atoms with Crippen molar-refractivity contribution in [2.75, 3.05) is 39.6 Å². The number of phosphoric ester groups is 2. The highest BCUT2D eigenvalue weighted by Crippen LogP contribution is 2.45. The second-order valence-corrected chi connectivity index (χ2v) is 31.6. The van der Waals surface area contributed by atoms with Crippen molar-refractivity contribution in [3.8, 4) is 0 Å². The summed E-state index contributed by atoms with van der Waals surface area (Å²) in [5, 5.41) is 10.7. The minimum absolute atomic E-state index is 0.0664. The molecule has 5 unspecified atom stereocenters.